The van der Waals surface area contributed by atoms with Gasteiger partial charge >= 0.3 is 0 Å². The van der Waals surface area contributed by atoms with Gasteiger partial charge < -0.3 is 9.88 Å². The predicted molar refractivity (Wildman–Crippen MR) is 72.0 cm³/mol. The Morgan fingerprint density at radius 2 is 2.22 bits per heavy atom. The van der Waals surface area contributed by atoms with Gasteiger partial charge in [0.15, 0.2) is 0 Å². The van der Waals surface area contributed by atoms with E-state index in [0.29, 0.717) is 4.83 Å². The largest absolute Gasteiger partial charge is 0.348 e. The summed E-state index contributed by atoms with van der Waals surface area (Å²) >= 11 is 3.41. The first-order valence-electron chi connectivity index (χ1n) is 5.57. The second-order valence-corrected chi connectivity index (χ2v) is 5.91. The first-order chi connectivity index (χ1) is 8.31. The number of halogens is 1. The van der Waals surface area contributed by atoms with E-state index in [4.69, 9.17) is 0 Å². The van der Waals surface area contributed by atoms with Crippen LogP contribution in [0.2, 0.25) is 0 Å². The van der Waals surface area contributed by atoms with E-state index in [1.54, 1.807) is 7.05 Å². The molecule has 1 heterocycles. The predicted octanol–water partition coefficient (Wildman–Crippen LogP) is 2.23. The van der Waals surface area contributed by atoms with Crippen LogP contribution in [-0.4, -0.2) is 26.3 Å². The van der Waals surface area contributed by atoms with Crippen molar-refractivity contribution in [1.82, 2.24) is 9.88 Å². The molecule has 0 aliphatic heterocycles. The standard InChI is InChI=1S/C11H16BrN3O3/c1-7(12)4-8(2)13-11(16)10-5-9(15(17)18)6-14(10)3/h5-8H,4H2,1-3H3,(H,13,16). The van der Waals surface area contributed by atoms with Gasteiger partial charge in [0.25, 0.3) is 11.6 Å². The van der Waals surface area contributed by atoms with Crippen molar-refractivity contribution in [2.45, 2.75) is 31.1 Å². The van der Waals surface area contributed by atoms with E-state index >= 15 is 0 Å². The fourth-order valence-electron chi connectivity index (χ4n) is 1.72. The second-order valence-electron chi connectivity index (χ2n) is 4.34. The van der Waals surface area contributed by atoms with E-state index in [9.17, 15) is 14.9 Å². The van der Waals surface area contributed by atoms with E-state index in [2.05, 4.69) is 21.2 Å². The number of carbonyl (C=O) groups is 1. The highest BCUT2D eigenvalue weighted by Gasteiger charge is 2.19. The van der Waals surface area contributed by atoms with Crippen molar-refractivity contribution < 1.29 is 9.72 Å². The summed E-state index contributed by atoms with van der Waals surface area (Å²) in [5.41, 5.74) is 0.208. The van der Waals surface area contributed by atoms with E-state index < -0.39 is 4.92 Å². The van der Waals surface area contributed by atoms with Crippen LogP contribution in [0.1, 0.15) is 30.8 Å². The highest BCUT2D eigenvalue weighted by molar-refractivity contribution is 9.09. The lowest BCUT2D eigenvalue weighted by Crippen LogP contribution is -2.34. The molecule has 0 saturated carbocycles. The zero-order valence-electron chi connectivity index (χ0n) is 10.5. The number of rotatable bonds is 5. The summed E-state index contributed by atoms with van der Waals surface area (Å²) in [4.78, 5) is 22.3. The number of aryl methyl sites for hydroxylation is 1. The maximum Gasteiger partial charge on any atom is 0.287 e. The van der Waals surface area contributed by atoms with Crippen molar-refractivity contribution in [1.29, 1.82) is 0 Å². The second kappa shape index (κ2) is 5.99. The van der Waals surface area contributed by atoms with Crippen LogP contribution in [0.15, 0.2) is 12.3 Å². The van der Waals surface area contributed by atoms with Crippen molar-refractivity contribution in [3.05, 3.63) is 28.1 Å². The number of nitrogens with one attached hydrogen (secondary N) is 1. The van der Waals surface area contributed by atoms with Gasteiger partial charge in [0, 0.05) is 24.0 Å². The molecule has 1 N–H and O–H groups in total. The minimum absolute atomic E-state index is 0.000770. The molecule has 0 aromatic carbocycles. The smallest absolute Gasteiger partial charge is 0.287 e. The number of carbonyl (C=O) groups excluding carboxylic acids is 1. The number of hydrogen-bond acceptors (Lipinski definition) is 3. The zero-order valence-corrected chi connectivity index (χ0v) is 12.1. The minimum atomic E-state index is -0.513. The summed E-state index contributed by atoms with van der Waals surface area (Å²) in [5.74, 6) is -0.300. The Morgan fingerprint density at radius 3 is 2.67 bits per heavy atom. The lowest BCUT2D eigenvalue weighted by atomic mass is 10.2. The number of amides is 1. The van der Waals surface area contributed by atoms with Crippen LogP contribution < -0.4 is 5.32 Å². The average molecular weight is 318 g/mol. The molecule has 0 spiro atoms. The molecule has 6 nitrogen and oxygen atoms in total. The Kier molecular flexibility index (Phi) is 4.89. The Hall–Kier alpha value is -1.37. The molecular weight excluding hydrogens is 302 g/mol. The lowest BCUT2D eigenvalue weighted by Gasteiger charge is -2.15. The van der Waals surface area contributed by atoms with Crippen LogP contribution in [0.3, 0.4) is 0 Å². The summed E-state index contributed by atoms with van der Waals surface area (Å²) in [5, 5.41) is 13.4. The van der Waals surface area contributed by atoms with Crippen LogP contribution in [0.25, 0.3) is 0 Å². The topological polar surface area (TPSA) is 77.2 Å². The fraction of sp³-hybridized carbons (Fsp3) is 0.545. The maximum absolute atomic E-state index is 11.9. The monoisotopic (exact) mass is 317 g/mol. The van der Waals surface area contributed by atoms with Crippen molar-refractivity contribution in [2.24, 2.45) is 7.05 Å². The Morgan fingerprint density at radius 1 is 1.61 bits per heavy atom. The summed E-state index contributed by atoms with van der Waals surface area (Å²) in [6.45, 7) is 3.89. The fourth-order valence-corrected chi connectivity index (χ4v) is 2.28. The quantitative estimate of drug-likeness (QED) is 0.514. The molecule has 0 aliphatic rings. The number of nitrogens with zero attached hydrogens (tertiary/aromatic N) is 2. The Balaban J connectivity index is 2.75. The SMILES string of the molecule is CC(Br)CC(C)NC(=O)c1cc([N+](=O)[O-])cn1C. The normalized spacial score (nSPS) is 14.0. The van der Waals surface area contributed by atoms with Crippen LogP contribution in [0, 0.1) is 10.1 Å². The van der Waals surface area contributed by atoms with Gasteiger partial charge in [0.1, 0.15) is 5.69 Å². The third-order valence-corrected chi connectivity index (χ3v) is 2.86. The van der Waals surface area contributed by atoms with Crippen molar-refractivity contribution in [2.75, 3.05) is 0 Å². The Bertz CT molecular complexity index is 456. The summed E-state index contributed by atoms with van der Waals surface area (Å²) in [7, 11) is 1.61. The molecule has 0 bridgehead atoms. The van der Waals surface area contributed by atoms with Gasteiger partial charge in [-0.2, -0.15) is 0 Å². The molecule has 1 rings (SSSR count). The van der Waals surface area contributed by atoms with Gasteiger partial charge in [-0.1, -0.05) is 22.9 Å². The molecule has 0 fully saturated rings. The molecule has 1 amide bonds. The van der Waals surface area contributed by atoms with Crippen LogP contribution in [0.5, 0.6) is 0 Å². The number of aromatic nitrogens is 1. The highest BCUT2D eigenvalue weighted by atomic mass is 79.9. The number of hydrogen-bond donors (Lipinski definition) is 1. The lowest BCUT2D eigenvalue weighted by molar-refractivity contribution is -0.384. The molecular formula is C11H16BrN3O3. The summed E-state index contributed by atoms with van der Waals surface area (Å²) in [6.07, 6.45) is 2.12. The van der Waals surface area contributed by atoms with E-state index in [0.717, 1.165) is 6.42 Å². The molecule has 0 radical (unpaired) electrons. The molecule has 18 heavy (non-hydrogen) atoms. The Labute approximate surface area is 114 Å². The maximum atomic E-state index is 11.9. The van der Waals surface area contributed by atoms with Gasteiger partial charge in [-0.25, -0.2) is 0 Å². The number of nitro groups is 1. The summed E-state index contributed by atoms with van der Waals surface area (Å²) < 4.78 is 1.46. The minimum Gasteiger partial charge on any atom is -0.348 e. The van der Waals surface area contributed by atoms with Crippen LogP contribution in [-0.2, 0) is 7.05 Å². The van der Waals surface area contributed by atoms with E-state index in [-0.39, 0.29) is 23.3 Å². The first kappa shape index (κ1) is 14.7. The van der Waals surface area contributed by atoms with Gasteiger partial charge in [-0.3, -0.25) is 14.9 Å². The summed E-state index contributed by atoms with van der Waals surface area (Å²) in [6, 6.07) is 1.28. The molecule has 1 aromatic heterocycles. The molecule has 0 saturated heterocycles. The highest BCUT2D eigenvalue weighted by Crippen LogP contribution is 2.15. The van der Waals surface area contributed by atoms with Crippen molar-refractivity contribution >= 4 is 27.5 Å². The average Bonchev–Trinajstić information content (AvgIpc) is 2.58. The van der Waals surface area contributed by atoms with E-state index in [1.165, 1.54) is 16.8 Å². The third-order valence-electron chi connectivity index (χ3n) is 2.49. The van der Waals surface area contributed by atoms with Crippen molar-refractivity contribution in [3.8, 4) is 0 Å². The van der Waals surface area contributed by atoms with E-state index in [1.807, 2.05) is 13.8 Å². The molecule has 2 unspecified atom stereocenters. The molecule has 100 valence electrons. The van der Waals surface area contributed by atoms with Gasteiger partial charge in [-0.05, 0) is 13.3 Å². The first-order valence-corrected chi connectivity index (χ1v) is 6.48. The molecule has 0 aliphatic carbocycles. The molecule has 1 aromatic rings. The van der Waals surface area contributed by atoms with Crippen LogP contribution >= 0.6 is 15.9 Å². The van der Waals surface area contributed by atoms with Crippen LogP contribution in [0.4, 0.5) is 5.69 Å². The molecule has 7 heteroatoms. The number of alkyl halides is 1. The van der Waals surface area contributed by atoms with Gasteiger partial charge in [0.2, 0.25) is 0 Å². The van der Waals surface area contributed by atoms with Crippen molar-refractivity contribution in [3.63, 3.8) is 0 Å². The van der Waals surface area contributed by atoms with Gasteiger partial charge in [-0.15, -0.1) is 0 Å². The zero-order chi connectivity index (χ0) is 13.9. The third kappa shape index (κ3) is 3.83. The van der Waals surface area contributed by atoms with Gasteiger partial charge in [0.05, 0.1) is 11.1 Å². The molecule has 2 atom stereocenters.